The highest BCUT2D eigenvalue weighted by atomic mass is 32.2. The van der Waals surface area contributed by atoms with Crippen LogP contribution in [-0.4, -0.2) is 48.9 Å². The van der Waals surface area contributed by atoms with Gasteiger partial charge in [-0.25, -0.2) is 13.1 Å². The third-order valence-electron chi connectivity index (χ3n) is 3.75. The Hall–Kier alpha value is 0.140. The maximum absolute atomic E-state index is 11.9. The Kier molecular flexibility index (Phi) is 11.0. The van der Waals surface area contributed by atoms with E-state index in [4.69, 9.17) is 5.73 Å². The fourth-order valence-electron chi connectivity index (χ4n) is 2.03. The van der Waals surface area contributed by atoms with Crippen LogP contribution in [0.2, 0.25) is 0 Å². The molecular formula is C15H35N3O3S2. The molecule has 0 aromatic rings. The summed E-state index contributed by atoms with van der Waals surface area (Å²) in [6, 6.07) is 0.196. The lowest BCUT2D eigenvalue weighted by atomic mass is 10.1. The zero-order chi connectivity index (χ0) is 18.1. The van der Waals surface area contributed by atoms with Gasteiger partial charge >= 0.3 is 0 Å². The van der Waals surface area contributed by atoms with E-state index in [0.717, 1.165) is 19.3 Å². The zero-order valence-corrected chi connectivity index (χ0v) is 16.6. The van der Waals surface area contributed by atoms with Crippen LogP contribution in [0.25, 0.3) is 0 Å². The first-order valence-electron chi connectivity index (χ1n) is 8.33. The van der Waals surface area contributed by atoms with E-state index < -0.39 is 21.0 Å². The average molecular weight is 370 g/mol. The van der Waals surface area contributed by atoms with Crippen molar-refractivity contribution in [2.24, 2.45) is 5.73 Å². The minimum absolute atomic E-state index is 0.0230. The quantitative estimate of drug-likeness (QED) is 0.202. The van der Waals surface area contributed by atoms with Crippen LogP contribution in [0.1, 0.15) is 59.8 Å². The second-order valence-corrected chi connectivity index (χ2v) is 9.86. The third kappa shape index (κ3) is 9.89. The highest BCUT2D eigenvalue weighted by Crippen LogP contribution is 2.13. The Morgan fingerprint density at radius 3 is 2.35 bits per heavy atom. The standard InChI is InChI=1S/C15H35N3O3S2/c1-5-13(10-12(16)11-22)18-14(19)8-6-7-9-17-23(20,21)15(2,3)4/h12-14,17-19,22H,5-11,16H2,1-4H3. The lowest BCUT2D eigenvalue weighted by Gasteiger charge is -2.24. The van der Waals surface area contributed by atoms with Gasteiger partial charge in [-0.2, -0.15) is 12.6 Å². The molecular weight excluding hydrogens is 334 g/mol. The molecule has 0 amide bonds. The van der Waals surface area contributed by atoms with Gasteiger partial charge in [-0.05, 0) is 52.9 Å². The number of aliphatic hydroxyl groups excluding tert-OH is 1. The predicted octanol–water partition coefficient (Wildman–Crippen LogP) is 1.21. The number of rotatable bonds is 12. The number of sulfonamides is 1. The minimum Gasteiger partial charge on any atom is -0.379 e. The smallest absolute Gasteiger partial charge is 0.216 e. The van der Waals surface area contributed by atoms with Crippen LogP contribution in [0.5, 0.6) is 0 Å². The minimum atomic E-state index is -3.29. The Morgan fingerprint density at radius 2 is 1.87 bits per heavy atom. The van der Waals surface area contributed by atoms with E-state index in [1.54, 1.807) is 20.8 Å². The molecule has 0 heterocycles. The van der Waals surface area contributed by atoms with E-state index in [-0.39, 0.29) is 12.1 Å². The first kappa shape index (κ1) is 23.1. The van der Waals surface area contributed by atoms with Gasteiger partial charge in [-0.1, -0.05) is 6.92 Å². The molecule has 0 saturated heterocycles. The zero-order valence-electron chi connectivity index (χ0n) is 14.9. The summed E-state index contributed by atoms with van der Waals surface area (Å²) in [5, 5.41) is 13.2. The van der Waals surface area contributed by atoms with Crippen molar-refractivity contribution < 1.29 is 13.5 Å². The second kappa shape index (κ2) is 10.9. The molecule has 8 heteroatoms. The van der Waals surface area contributed by atoms with Crippen LogP contribution in [0.4, 0.5) is 0 Å². The van der Waals surface area contributed by atoms with Crippen molar-refractivity contribution in [1.29, 1.82) is 0 Å². The van der Waals surface area contributed by atoms with Crippen LogP contribution in [0.3, 0.4) is 0 Å². The van der Waals surface area contributed by atoms with Gasteiger partial charge in [0.05, 0.1) is 4.75 Å². The highest BCUT2D eigenvalue weighted by Gasteiger charge is 2.28. The molecule has 3 atom stereocenters. The van der Waals surface area contributed by atoms with Crippen molar-refractivity contribution in [3.8, 4) is 0 Å². The van der Waals surface area contributed by atoms with E-state index in [2.05, 4.69) is 29.6 Å². The van der Waals surface area contributed by atoms with Gasteiger partial charge in [0.1, 0.15) is 6.23 Å². The van der Waals surface area contributed by atoms with Crippen LogP contribution in [0, 0.1) is 0 Å². The maximum atomic E-state index is 11.9. The van der Waals surface area contributed by atoms with Crippen molar-refractivity contribution in [1.82, 2.24) is 10.0 Å². The van der Waals surface area contributed by atoms with Gasteiger partial charge < -0.3 is 10.8 Å². The monoisotopic (exact) mass is 369 g/mol. The van der Waals surface area contributed by atoms with E-state index in [9.17, 15) is 13.5 Å². The fourth-order valence-corrected chi connectivity index (χ4v) is 3.03. The Morgan fingerprint density at radius 1 is 1.26 bits per heavy atom. The van der Waals surface area contributed by atoms with Crippen molar-refractivity contribution in [3.63, 3.8) is 0 Å². The van der Waals surface area contributed by atoms with E-state index >= 15 is 0 Å². The summed E-state index contributed by atoms with van der Waals surface area (Å²) in [6.45, 7) is 7.46. The van der Waals surface area contributed by atoms with Crippen LogP contribution in [-0.2, 0) is 10.0 Å². The first-order valence-corrected chi connectivity index (χ1v) is 10.4. The lowest BCUT2D eigenvalue weighted by Crippen LogP contribution is -2.42. The Balaban J connectivity index is 3.96. The number of hydrogen-bond donors (Lipinski definition) is 5. The van der Waals surface area contributed by atoms with Crippen LogP contribution < -0.4 is 15.8 Å². The van der Waals surface area contributed by atoms with Gasteiger partial charge in [-0.15, -0.1) is 0 Å². The lowest BCUT2D eigenvalue weighted by molar-refractivity contribution is 0.106. The van der Waals surface area contributed by atoms with Gasteiger partial charge in [0.2, 0.25) is 10.0 Å². The molecule has 0 radical (unpaired) electrons. The summed E-state index contributed by atoms with van der Waals surface area (Å²) in [4.78, 5) is 0. The molecule has 0 spiro atoms. The number of aliphatic hydroxyl groups is 1. The topological polar surface area (TPSA) is 104 Å². The van der Waals surface area contributed by atoms with E-state index in [1.165, 1.54) is 0 Å². The third-order valence-corrected chi connectivity index (χ3v) is 6.41. The second-order valence-electron chi connectivity index (χ2n) is 6.97. The molecule has 0 aliphatic heterocycles. The molecule has 5 N–H and O–H groups in total. The fraction of sp³-hybridized carbons (Fsp3) is 1.00. The summed E-state index contributed by atoms with van der Waals surface area (Å²) in [5.74, 6) is 0.627. The Bertz CT molecular complexity index is 411. The molecule has 0 aliphatic rings. The number of nitrogens with one attached hydrogen (secondary N) is 2. The van der Waals surface area contributed by atoms with Crippen molar-refractivity contribution >= 4 is 22.7 Å². The normalized spacial score (nSPS) is 17.0. The van der Waals surface area contributed by atoms with E-state index in [0.29, 0.717) is 25.1 Å². The molecule has 6 nitrogen and oxygen atoms in total. The van der Waals surface area contributed by atoms with Crippen molar-refractivity contribution in [2.45, 2.75) is 82.9 Å². The molecule has 0 saturated carbocycles. The molecule has 3 unspecified atom stereocenters. The Labute approximate surface area is 147 Å². The van der Waals surface area contributed by atoms with E-state index in [1.807, 2.05) is 0 Å². The van der Waals surface area contributed by atoms with Gasteiger partial charge in [-0.3, -0.25) is 5.32 Å². The summed E-state index contributed by atoms with van der Waals surface area (Å²) < 4.78 is 25.6. The first-order chi connectivity index (χ1) is 10.5. The largest absolute Gasteiger partial charge is 0.379 e. The molecule has 0 aromatic carbocycles. The molecule has 140 valence electrons. The molecule has 0 fully saturated rings. The highest BCUT2D eigenvalue weighted by molar-refractivity contribution is 7.90. The number of unbranched alkanes of at least 4 members (excludes halogenated alkanes) is 1. The SMILES string of the molecule is CCC(CC(N)CS)NC(O)CCCCNS(=O)(=O)C(C)(C)C. The van der Waals surface area contributed by atoms with Crippen LogP contribution >= 0.6 is 12.6 Å². The van der Waals surface area contributed by atoms with Crippen molar-refractivity contribution in [2.75, 3.05) is 12.3 Å². The summed E-state index contributed by atoms with van der Waals surface area (Å²) in [5.41, 5.74) is 5.88. The molecule has 0 rings (SSSR count). The molecule has 0 bridgehead atoms. The van der Waals surface area contributed by atoms with Gasteiger partial charge in [0, 0.05) is 24.4 Å². The molecule has 0 aromatic heterocycles. The summed E-state index contributed by atoms with van der Waals surface area (Å²) in [6.07, 6.45) is 3.11. The summed E-state index contributed by atoms with van der Waals surface area (Å²) >= 11 is 4.17. The number of thiol groups is 1. The maximum Gasteiger partial charge on any atom is 0.216 e. The number of hydrogen-bond acceptors (Lipinski definition) is 6. The molecule has 0 aliphatic carbocycles. The summed E-state index contributed by atoms with van der Waals surface area (Å²) in [7, 11) is -3.29. The average Bonchev–Trinajstić information content (AvgIpc) is 2.44. The van der Waals surface area contributed by atoms with Crippen LogP contribution in [0.15, 0.2) is 0 Å². The van der Waals surface area contributed by atoms with Crippen molar-refractivity contribution in [3.05, 3.63) is 0 Å². The molecule has 23 heavy (non-hydrogen) atoms. The predicted molar refractivity (Wildman–Crippen MR) is 100 cm³/mol. The van der Waals surface area contributed by atoms with Gasteiger partial charge in [0.15, 0.2) is 0 Å². The van der Waals surface area contributed by atoms with Gasteiger partial charge in [0.25, 0.3) is 0 Å². The number of nitrogens with two attached hydrogens (primary N) is 1.